The minimum Gasteiger partial charge on any atom is -0.497 e. The van der Waals surface area contributed by atoms with Crippen molar-refractivity contribution in [3.8, 4) is 11.8 Å². The van der Waals surface area contributed by atoms with Crippen molar-refractivity contribution < 1.29 is 9.53 Å². The summed E-state index contributed by atoms with van der Waals surface area (Å²) in [4.78, 5) is 11.7. The summed E-state index contributed by atoms with van der Waals surface area (Å²) in [6.45, 7) is 0. The van der Waals surface area contributed by atoms with Gasteiger partial charge in [-0.25, -0.2) is 0 Å². The molecule has 0 spiro atoms. The zero-order chi connectivity index (χ0) is 13.1. The van der Waals surface area contributed by atoms with Crippen molar-refractivity contribution in [1.82, 2.24) is 10.6 Å². The Hall–Kier alpha value is -2.13. The first kappa shape index (κ1) is 12.3. The number of methoxy groups -OCH3 is 1. The Morgan fingerprint density at radius 3 is 2.94 bits per heavy atom. The van der Waals surface area contributed by atoms with Gasteiger partial charge in [0, 0.05) is 0 Å². The molecule has 1 aliphatic heterocycles. The van der Waals surface area contributed by atoms with Gasteiger partial charge < -0.3 is 15.4 Å². The van der Waals surface area contributed by atoms with Gasteiger partial charge in [0.2, 0.25) is 5.91 Å². The summed E-state index contributed by atoms with van der Waals surface area (Å²) in [7, 11) is 1.56. The van der Waals surface area contributed by atoms with Crippen LogP contribution in [-0.2, 0) is 4.79 Å². The van der Waals surface area contributed by atoms with E-state index in [1.165, 1.54) is 0 Å². The van der Waals surface area contributed by atoms with Gasteiger partial charge in [-0.15, -0.1) is 0 Å². The number of ether oxygens (including phenoxy) is 1. The third kappa shape index (κ3) is 2.26. The topological polar surface area (TPSA) is 74.2 Å². The maximum Gasteiger partial charge on any atom is 0.245 e. The van der Waals surface area contributed by atoms with Crippen LogP contribution in [0.15, 0.2) is 24.3 Å². The monoisotopic (exact) mass is 261 g/mol. The van der Waals surface area contributed by atoms with Crippen LogP contribution in [0.1, 0.15) is 11.6 Å². The van der Waals surface area contributed by atoms with E-state index < -0.39 is 12.0 Å². The minimum absolute atomic E-state index is 0.235. The van der Waals surface area contributed by atoms with Crippen LogP contribution < -0.4 is 15.4 Å². The largest absolute Gasteiger partial charge is 0.497 e. The number of benzene rings is 1. The van der Waals surface area contributed by atoms with E-state index >= 15 is 0 Å². The van der Waals surface area contributed by atoms with Crippen LogP contribution in [-0.4, -0.2) is 18.1 Å². The van der Waals surface area contributed by atoms with E-state index in [0.717, 1.165) is 5.56 Å². The maximum atomic E-state index is 11.7. The second-order valence-electron chi connectivity index (χ2n) is 3.82. The highest BCUT2D eigenvalue weighted by Crippen LogP contribution is 2.27. The molecular weight excluding hydrogens is 250 g/mol. The zero-order valence-corrected chi connectivity index (χ0v) is 10.5. The van der Waals surface area contributed by atoms with Crippen LogP contribution in [0.5, 0.6) is 5.75 Å². The van der Waals surface area contributed by atoms with Gasteiger partial charge in [-0.05, 0) is 29.9 Å². The fourth-order valence-corrected chi connectivity index (χ4v) is 2.07. The number of hydrogen-bond acceptors (Lipinski definition) is 4. The number of carbonyl (C=O) groups excluding carboxylic acids is 1. The predicted molar refractivity (Wildman–Crippen MR) is 68.7 cm³/mol. The molecular formula is C12H11N3O2S. The van der Waals surface area contributed by atoms with Gasteiger partial charge in [0.1, 0.15) is 11.7 Å². The van der Waals surface area contributed by atoms with E-state index in [1.807, 2.05) is 12.1 Å². The number of hydrogen-bond donors (Lipinski definition) is 2. The molecule has 1 aromatic carbocycles. The molecule has 0 bridgehead atoms. The van der Waals surface area contributed by atoms with Crippen molar-refractivity contribution in [3.05, 3.63) is 29.8 Å². The molecule has 2 atom stereocenters. The first-order chi connectivity index (χ1) is 8.65. The average molecular weight is 261 g/mol. The van der Waals surface area contributed by atoms with E-state index in [4.69, 9.17) is 22.2 Å². The summed E-state index contributed by atoms with van der Waals surface area (Å²) in [5, 5.41) is 14.7. The minimum atomic E-state index is -0.816. The van der Waals surface area contributed by atoms with Crippen LogP contribution in [0.2, 0.25) is 0 Å². The Kier molecular flexibility index (Phi) is 3.44. The second-order valence-corrected chi connectivity index (χ2v) is 4.23. The highest BCUT2D eigenvalue weighted by atomic mass is 32.1. The van der Waals surface area contributed by atoms with Gasteiger partial charge in [-0.3, -0.25) is 4.79 Å². The smallest absolute Gasteiger partial charge is 0.245 e. The van der Waals surface area contributed by atoms with Crippen LogP contribution in [0.4, 0.5) is 0 Å². The maximum absolute atomic E-state index is 11.7. The molecule has 0 radical (unpaired) electrons. The lowest BCUT2D eigenvalue weighted by Crippen LogP contribution is -2.53. The summed E-state index contributed by atoms with van der Waals surface area (Å²) in [5.74, 6) is -0.527. The Morgan fingerprint density at radius 1 is 1.50 bits per heavy atom. The summed E-state index contributed by atoms with van der Waals surface area (Å²) < 4.78 is 5.12. The van der Waals surface area contributed by atoms with Crippen molar-refractivity contribution in [3.63, 3.8) is 0 Å². The second kappa shape index (κ2) is 5.02. The van der Waals surface area contributed by atoms with Crippen LogP contribution in [0.3, 0.4) is 0 Å². The van der Waals surface area contributed by atoms with Crippen LogP contribution >= 0.6 is 12.2 Å². The molecule has 1 fully saturated rings. The Labute approximate surface area is 110 Å². The van der Waals surface area contributed by atoms with Gasteiger partial charge in [0.15, 0.2) is 5.11 Å². The number of nitrogens with zero attached hydrogens (tertiary/aromatic N) is 1. The van der Waals surface area contributed by atoms with Gasteiger partial charge in [0.05, 0.1) is 19.2 Å². The van der Waals surface area contributed by atoms with E-state index in [1.54, 1.807) is 25.3 Å². The zero-order valence-electron chi connectivity index (χ0n) is 9.64. The third-order valence-electron chi connectivity index (χ3n) is 2.73. The summed E-state index contributed by atoms with van der Waals surface area (Å²) in [6.07, 6.45) is 0. The Morgan fingerprint density at radius 2 is 2.28 bits per heavy atom. The fourth-order valence-electron chi connectivity index (χ4n) is 1.85. The summed E-state index contributed by atoms with van der Waals surface area (Å²) in [6, 6.07) is 8.74. The number of amides is 1. The molecule has 6 heteroatoms. The van der Waals surface area contributed by atoms with Gasteiger partial charge in [0.25, 0.3) is 0 Å². The Bertz CT molecular complexity index is 538. The van der Waals surface area contributed by atoms with E-state index in [2.05, 4.69) is 10.6 Å². The molecule has 1 amide bonds. The van der Waals surface area contributed by atoms with Gasteiger partial charge in [-0.2, -0.15) is 5.26 Å². The van der Waals surface area contributed by atoms with Crippen LogP contribution in [0.25, 0.3) is 0 Å². The summed E-state index contributed by atoms with van der Waals surface area (Å²) >= 11 is 4.94. The van der Waals surface area contributed by atoms with Crippen molar-refractivity contribution >= 4 is 23.2 Å². The standard InChI is InChI=1S/C12H11N3O2S/c1-17-8-4-2-3-7(5-8)10-9(6-13)11(16)15-12(18)14-10/h2-5,9-10H,1H3,(H2,14,15,16,18). The summed E-state index contributed by atoms with van der Waals surface area (Å²) in [5.41, 5.74) is 0.790. The lowest BCUT2D eigenvalue weighted by atomic mass is 9.92. The molecule has 1 saturated heterocycles. The van der Waals surface area contributed by atoms with Crippen LogP contribution in [0, 0.1) is 17.2 Å². The quantitative estimate of drug-likeness (QED) is 0.773. The molecule has 2 N–H and O–H groups in total. The number of nitrogens with one attached hydrogen (secondary N) is 2. The lowest BCUT2D eigenvalue weighted by molar-refractivity contribution is -0.123. The third-order valence-corrected chi connectivity index (χ3v) is 2.95. The number of nitriles is 1. The molecule has 1 aromatic rings. The normalized spacial score (nSPS) is 22.7. The molecule has 1 aliphatic rings. The molecule has 1 heterocycles. The molecule has 5 nitrogen and oxygen atoms in total. The van der Waals surface area contributed by atoms with E-state index in [0.29, 0.717) is 5.75 Å². The molecule has 92 valence electrons. The SMILES string of the molecule is COc1cccc(C2NC(=S)NC(=O)C2C#N)c1. The molecule has 0 aromatic heterocycles. The van der Waals surface area contributed by atoms with E-state index in [-0.39, 0.29) is 11.0 Å². The number of thiocarbonyl (C=S) groups is 1. The van der Waals surface area contributed by atoms with Crippen molar-refractivity contribution in [2.75, 3.05) is 7.11 Å². The number of carbonyl (C=O) groups is 1. The van der Waals surface area contributed by atoms with E-state index in [9.17, 15) is 4.79 Å². The highest BCUT2D eigenvalue weighted by molar-refractivity contribution is 7.80. The number of rotatable bonds is 2. The van der Waals surface area contributed by atoms with Crippen molar-refractivity contribution in [2.24, 2.45) is 5.92 Å². The fraction of sp³-hybridized carbons (Fsp3) is 0.250. The van der Waals surface area contributed by atoms with Gasteiger partial charge in [-0.1, -0.05) is 12.1 Å². The molecule has 0 aliphatic carbocycles. The molecule has 2 unspecified atom stereocenters. The predicted octanol–water partition coefficient (Wildman–Crippen LogP) is 0.880. The van der Waals surface area contributed by atoms with Crippen molar-refractivity contribution in [1.29, 1.82) is 5.26 Å². The lowest BCUT2D eigenvalue weighted by Gasteiger charge is -2.29. The first-order valence-corrected chi connectivity index (χ1v) is 5.71. The Balaban J connectivity index is 2.37. The van der Waals surface area contributed by atoms with Gasteiger partial charge >= 0.3 is 0 Å². The first-order valence-electron chi connectivity index (χ1n) is 5.30. The van der Waals surface area contributed by atoms with Crippen molar-refractivity contribution in [2.45, 2.75) is 6.04 Å². The molecule has 18 heavy (non-hydrogen) atoms. The molecule has 2 rings (SSSR count). The molecule has 0 saturated carbocycles. The average Bonchev–Trinajstić information content (AvgIpc) is 2.38. The highest BCUT2D eigenvalue weighted by Gasteiger charge is 2.35.